The van der Waals surface area contributed by atoms with E-state index in [0.717, 1.165) is 38.4 Å². The van der Waals surface area contributed by atoms with Crippen molar-refractivity contribution >= 4 is 28.9 Å². The summed E-state index contributed by atoms with van der Waals surface area (Å²) >= 11 is 12.6. The molecule has 0 radical (unpaired) electrons. The van der Waals surface area contributed by atoms with Crippen LogP contribution in [0.4, 0.5) is 5.69 Å². The van der Waals surface area contributed by atoms with Crippen molar-refractivity contribution in [1.82, 2.24) is 4.90 Å². The predicted molar refractivity (Wildman–Crippen MR) is 104 cm³/mol. The summed E-state index contributed by atoms with van der Waals surface area (Å²) in [7, 11) is 0. The predicted octanol–water partition coefficient (Wildman–Crippen LogP) is 4.16. The van der Waals surface area contributed by atoms with E-state index in [-0.39, 0.29) is 0 Å². The van der Waals surface area contributed by atoms with E-state index in [0.29, 0.717) is 16.0 Å². The molecule has 2 fully saturated rings. The minimum atomic E-state index is -0.505. The molecule has 3 nitrogen and oxygen atoms in total. The van der Waals surface area contributed by atoms with Crippen LogP contribution in [-0.2, 0) is 6.54 Å². The Hall–Kier alpha value is -1.26. The van der Waals surface area contributed by atoms with Crippen LogP contribution in [0.15, 0.2) is 42.5 Å². The highest BCUT2D eigenvalue weighted by atomic mass is 35.5. The minimum absolute atomic E-state index is 0.505. The van der Waals surface area contributed by atoms with Crippen LogP contribution in [0.5, 0.6) is 0 Å². The fourth-order valence-electron chi connectivity index (χ4n) is 3.85. The maximum atomic E-state index is 9.81. The fraction of sp³-hybridized carbons (Fsp3) is 0.400. The number of hydrogen-bond donors (Lipinski definition) is 1. The van der Waals surface area contributed by atoms with Gasteiger partial charge in [0.15, 0.2) is 0 Å². The first kappa shape index (κ1) is 17.2. The van der Waals surface area contributed by atoms with E-state index in [1.165, 1.54) is 11.1 Å². The molecule has 2 heterocycles. The van der Waals surface area contributed by atoms with E-state index < -0.39 is 5.60 Å². The van der Waals surface area contributed by atoms with Gasteiger partial charge in [0.1, 0.15) is 0 Å². The average Bonchev–Trinajstić information content (AvgIpc) is 2.48. The molecule has 0 aromatic heterocycles. The van der Waals surface area contributed by atoms with Crippen LogP contribution in [0.1, 0.15) is 24.0 Å². The van der Waals surface area contributed by atoms with Crippen molar-refractivity contribution in [2.45, 2.75) is 25.0 Å². The Labute approximate surface area is 158 Å². The van der Waals surface area contributed by atoms with E-state index >= 15 is 0 Å². The Morgan fingerprint density at radius 3 is 2.20 bits per heavy atom. The topological polar surface area (TPSA) is 26.7 Å². The Morgan fingerprint density at radius 2 is 1.64 bits per heavy atom. The van der Waals surface area contributed by atoms with E-state index in [1.54, 1.807) is 0 Å². The first-order chi connectivity index (χ1) is 11.9. The fourth-order valence-corrected chi connectivity index (χ4v) is 4.48. The number of halogens is 2. The summed E-state index contributed by atoms with van der Waals surface area (Å²) in [5.74, 6) is 0.520. The zero-order valence-electron chi connectivity index (χ0n) is 14.3. The molecule has 0 bridgehead atoms. The third kappa shape index (κ3) is 3.52. The third-order valence-corrected chi connectivity index (χ3v) is 5.73. The molecule has 0 atom stereocenters. The molecule has 2 aliphatic heterocycles. The number of para-hydroxylation sites is 1. The van der Waals surface area contributed by atoms with Crippen molar-refractivity contribution in [3.05, 3.63) is 63.6 Å². The largest absolute Gasteiger partial charge is 0.388 e. The molecule has 2 aliphatic rings. The Balaban J connectivity index is 1.35. The SMILES string of the molecule is CC1(O)CN(Cc2ccc(C3CN(c4c(Cl)cccc4Cl)C3)cc2)C1. The van der Waals surface area contributed by atoms with Gasteiger partial charge in [-0.25, -0.2) is 0 Å². The lowest BCUT2D eigenvalue weighted by Crippen LogP contribution is -2.59. The van der Waals surface area contributed by atoms with Crippen LogP contribution in [-0.4, -0.2) is 41.8 Å². The second kappa shape index (κ2) is 6.48. The molecule has 0 unspecified atom stereocenters. The summed E-state index contributed by atoms with van der Waals surface area (Å²) in [6.45, 7) is 6.19. The van der Waals surface area contributed by atoms with Gasteiger partial charge in [-0.2, -0.15) is 0 Å². The van der Waals surface area contributed by atoms with E-state index in [9.17, 15) is 5.11 Å². The molecule has 25 heavy (non-hydrogen) atoms. The molecule has 0 aliphatic carbocycles. The quantitative estimate of drug-likeness (QED) is 0.867. The standard InChI is InChI=1S/C20H22Cl2N2O/c1-20(25)12-23(13-20)9-14-5-7-15(8-6-14)16-10-24(11-16)19-17(21)3-2-4-18(19)22/h2-8,16,25H,9-13H2,1H3. The van der Waals surface area contributed by atoms with Crippen LogP contribution >= 0.6 is 23.2 Å². The van der Waals surface area contributed by atoms with E-state index in [2.05, 4.69) is 34.1 Å². The second-order valence-electron chi connectivity index (χ2n) is 7.56. The summed E-state index contributed by atoms with van der Waals surface area (Å²) < 4.78 is 0. The third-order valence-electron chi connectivity index (χ3n) is 5.12. The maximum Gasteiger partial charge on any atom is 0.0872 e. The van der Waals surface area contributed by atoms with Gasteiger partial charge in [-0.15, -0.1) is 0 Å². The number of aliphatic hydroxyl groups is 1. The van der Waals surface area contributed by atoms with Crippen LogP contribution in [0, 0.1) is 0 Å². The highest BCUT2D eigenvalue weighted by Crippen LogP contribution is 2.40. The Kier molecular flexibility index (Phi) is 4.45. The summed E-state index contributed by atoms with van der Waals surface area (Å²) in [4.78, 5) is 4.50. The van der Waals surface area contributed by atoms with Crippen molar-refractivity contribution in [2.75, 3.05) is 31.1 Å². The molecular formula is C20H22Cl2N2O. The normalized spacial score (nSPS) is 20.2. The molecule has 0 amide bonds. The van der Waals surface area contributed by atoms with Gasteiger partial charge in [-0.3, -0.25) is 4.90 Å². The molecule has 0 saturated carbocycles. The summed E-state index contributed by atoms with van der Waals surface area (Å²) in [6, 6.07) is 14.5. The van der Waals surface area contributed by atoms with Gasteiger partial charge in [-0.1, -0.05) is 53.5 Å². The second-order valence-corrected chi connectivity index (χ2v) is 8.37. The number of anilines is 1. The van der Waals surface area contributed by atoms with Gasteiger partial charge < -0.3 is 10.0 Å². The molecule has 5 heteroatoms. The van der Waals surface area contributed by atoms with Crippen molar-refractivity contribution in [1.29, 1.82) is 0 Å². The van der Waals surface area contributed by atoms with Gasteiger partial charge in [0, 0.05) is 38.6 Å². The minimum Gasteiger partial charge on any atom is -0.388 e. The molecule has 1 N–H and O–H groups in total. The number of benzene rings is 2. The summed E-state index contributed by atoms with van der Waals surface area (Å²) in [6.07, 6.45) is 0. The lowest BCUT2D eigenvalue weighted by molar-refractivity contribution is -0.0871. The molecule has 2 aromatic rings. The van der Waals surface area contributed by atoms with E-state index in [1.807, 2.05) is 25.1 Å². The molecular weight excluding hydrogens is 355 g/mol. The van der Waals surface area contributed by atoms with Crippen molar-refractivity contribution in [3.63, 3.8) is 0 Å². The van der Waals surface area contributed by atoms with Gasteiger partial charge in [0.2, 0.25) is 0 Å². The zero-order valence-corrected chi connectivity index (χ0v) is 15.8. The number of likely N-dealkylation sites (tertiary alicyclic amines) is 1. The number of hydrogen-bond acceptors (Lipinski definition) is 3. The van der Waals surface area contributed by atoms with E-state index in [4.69, 9.17) is 23.2 Å². The van der Waals surface area contributed by atoms with Crippen LogP contribution in [0.25, 0.3) is 0 Å². The van der Waals surface area contributed by atoms with Gasteiger partial charge in [0.25, 0.3) is 0 Å². The lowest BCUT2D eigenvalue weighted by Gasteiger charge is -2.44. The highest BCUT2D eigenvalue weighted by molar-refractivity contribution is 6.39. The Bertz CT molecular complexity index is 742. The van der Waals surface area contributed by atoms with Crippen LogP contribution in [0.2, 0.25) is 10.0 Å². The first-order valence-electron chi connectivity index (χ1n) is 8.64. The lowest BCUT2D eigenvalue weighted by atomic mass is 9.90. The highest BCUT2D eigenvalue weighted by Gasteiger charge is 2.36. The van der Waals surface area contributed by atoms with Gasteiger partial charge >= 0.3 is 0 Å². The Morgan fingerprint density at radius 1 is 1.04 bits per heavy atom. The number of β-amino-alcohol motifs (C(OH)–C–C–N with tert-alkyl or cyclic N) is 1. The average molecular weight is 377 g/mol. The molecule has 4 rings (SSSR count). The van der Waals surface area contributed by atoms with Gasteiger partial charge in [-0.05, 0) is 30.2 Å². The van der Waals surface area contributed by atoms with Crippen molar-refractivity contribution in [3.8, 4) is 0 Å². The molecule has 0 spiro atoms. The zero-order chi connectivity index (χ0) is 17.6. The summed E-state index contributed by atoms with van der Waals surface area (Å²) in [5.41, 5.74) is 3.10. The number of nitrogens with zero attached hydrogens (tertiary/aromatic N) is 2. The monoisotopic (exact) mass is 376 g/mol. The molecule has 132 valence electrons. The number of rotatable bonds is 4. The van der Waals surface area contributed by atoms with Crippen LogP contribution in [0.3, 0.4) is 0 Å². The van der Waals surface area contributed by atoms with Crippen molar-refractivity contribution in [2.24, 2.45) is 0 Å². The van der Waals surface area contributed by atoms with Crippen LogP contribution < -0.4 is 4.90 Å². The maximum absolute atomic E-state index is 9.81. The van der Waals surface area contributed by atoms with Crippen molar-refractivity contribution < 1.29 is 5.11 Å². The van der Waals surface area contributed by atoms with Gasteiger partial charge in [0.05, 0.1) is 21.3 Å². The molecule has 2 aromatic carbocycles. The molecule has 2 saturated heterocycles. The smallest absolute Gasteiger partial charge is 0.0872 e. The summed E-state index contributed by atoms with van der Waals surface area (Å²) in [5, 5.41) is 11.2. The first-order valence-corrected chi connectivity index (χ1v) is 9.39.